The first-order valence-electron chi connectivity index (χ1n) is 11.7. The third kappa shape index (κ3) is 9.48. The van der Waals surface area contributed by atoms with Crippen molar-refractivity contribution in [1.29, 1.82) is 0 Å². The predicted molar refractivity (Wildman–Crippen MR) is 131 cm³/mol. The summed E-state index contributed by atoms with van der Waals surface area (Å²) in [6.07, 6.45) is 2.09. The van der Waals surface area contributed by atoms with Crippen LogP contribution >= 0.6 is 0 Å². The molecule has 1 aromatic heterocycles. The van der Waals surface area contributed by atoms with Crippen molar-refractivity contribution < 1.29 is 0 Å². The third-order valence-corrected chi connectivity index (χ3v) is 5.32. The molecule has 0 amide bonds. The normalized spacial score (nSPS) is 11.2. The van der Waals surface area contributed by atoms with E-state index in [0.717, 1.165) is 70.9 Å². The van der Waals surface area contributed by atoms with Crippen LogP contribution < -0.4 is 16.0 Å². The highest BCUT2D eigenvalue weighted by Gasteiger charge is 2.08. The van der Waals surface area contributed by atoms with E-state index >= 15 is 0 Å². The Labute approximate surface area is 187 Å². The van der Waals surface area contributed by atoms with Crippen LogP contribution in [0.3, 0.4) is 0 Å². The van der Waals surface area contributed by atoms with E-state index in [1.165, 1.54) is 0 Å². The summed E-state index contributed by atoms with van der Waals surface area (Å²) in [7, 11) is 0. The fourth-order valence-corrected chi connectivity index (χ4v) is 3.33. The Morgan fingerprint density at radius 1 is 0.645 bits per heavy atom. The second-order valence-corrected chi connectivity index (χ2v) is 7.41. The largest absolute Gasteiger partial charge is 0.354 e. The van der Waals surface area contributed by atoms with Crippen LogP contribution in [0, 0.1) is 0 Å². The smallest absolute Gasteiger partial charge is 0.233 e. The molecule has 0 bridgehead atoms. The molecule has 0 saturated carbocycles. The first kappa shape index (κ1) is 24.8. The minimum absolute atomic E-state index is 0.540. The number of anilines is 4. The summed E-state index contributed by atoms with van der Waals surface area (Å²) in [4.78, 5) is 18.5. The van der Waals surface area contributed by atoms with Crippen molar-refractivity contribution in [2.75, 3.05) is 68.3 Å². The molecule has 1 aromatic carbocycles. The maximum Gasteiger partial charge on any atom is 0.233 e. The Hall–Kier alpha value is -2.45. The summed E-state index contributed by atoms with van der Waals surface area (Å²) < 4.78 is 0. The van der Waals surface area contributed by atoms with E-state index in [4.69, 9.17) is 0 Å². The molecule has 1 heterocycles. The number of para-hydroxylation sites is 1. The number of nitrogens with zero attached hydrogens (tertiary/aromatic N) is 5. The SMILES string of the molecule is CCN(CC)CCCNc1nc(NCCCN(CC)CC)nc(Nc2ccccc2)n1. The van der Waals surface area contributed by atoms with Gasteiger partial charge in [-0.05, 0) is 64.2 Å². The van der Waals surface area contributed by atoms with E-state index < -0.39 is 0 Å². The molecule has 172 valence electrons. The molecule has 0 aliphatic heterocycles. The van der Waals surface area contributed by atoms with Crippen molar-refractivity contribution in [1.82, 2.24) is 24.8 Å². The highest BCUT2D eigenvalue weighted by Crippen LogP contribution is 2.15. The second kappa shape index (κ2) is 14.5. The van der Waals surface area contributed by atoms with Gasteiger partial charge in [0.25, 0.3) is 0 Å². The summed E-state index contributed by atoms with van der Waals surface area (Å²) >= 11 is 0. The Morgan fingerprint density at radius 3 is 1.55 bits per heavy atom. The van der Waals surface area contributed by atoms with Gasteiger partial charge >= 0.3 is 0 Å². The maximum absolute atomic E-state index is 4.58. The Balaban J connectivity index is 1.97. The topological polar surface area (TPSA) is 81.2 Å². The zero-order valence-electron chi connectivity index (χ0n) is 19.7. The quantitative estimate of drug-likeness (QED) is 0.347. The summed E-state index contributed by atoms with van der Waals surface area (Å²) in [5.74, 6) is 1.73. The van der Waals surface area contributed by atoms with Crippen LogP contribution in [-0.4, -0.2) is 77.1 Å². The van der Waals surface area contributed by atoms with Crippen molar-refractivity contribution in [2.45, 2.75) is 40.5 Å². The molecule has 0 aliphatic carbocycles. The fraction of sp³-hybridized carbons (Fsp3) is 0.609. The van der Waals surface area contributed by atoms with Gasteiger partial charge < -0.3 is 25.8 Å². The molecule has 2 aromatic rings. The average Bonchev–Trinajstić information content (AvgIpc) is 2.80. The highest BCUT2D eigenvalue weighted by molar-refractivity contribution is 5.55. The van der Waals surface area contributed by atoms with Crippen molar-refractivity contribution in [2.24, 2.45) is 0 Å². The molecule has 8 heteroatoms. The highest BCUT2D eigenvalue weighted by atomic mass is 15.3. The number of aromatic nitrogens is 3. The number of nitrogens with one attached hydrogen (secondary N) is 3. The van der Waals surface area contributed by atoms with E-state index in [2.05, 4.69) is 68.4 Å². The lowest BCUT2D eigenvalue weighted by atomic mass is 10.3. The van der Waals surface area contributed by atoms with Crippen molar-refractivity contribution in [3.8, 4) is 0 Å². The van der Waals surface area contributed by atoms with E-state index in [0.29, 0.717) is 17.8 Å². The monoisotopic (exact) mass is 428 g/mol. The van der Waals surface area contributed by atoms with Crippen LogP contribution in [0.25, 0.3) is 0 Å². The van der Waals surface area contributed by atoms with Gasteiger partial charge in [0.2, 0.25) is 17.8 Å². The van der Waals surface area contributed by atoms with Crippen molar-refractivity contribution >= 4 is 23.5 Å². The van der Waals surface area contributed by atoms with Gasteiger partial charge in [-0.1, -0.05) is 45.9 Å². The molecule has 0 atom stereocenters. The molecular weight excluding hydrogens is 388 g/mol. The minimum atomic E-state index is 0.540. The van der Waals surface area contributed by atoms with E-state index in [-0.39, 0.29) is 0 Å². The average molecular weight is 429 g/mol. The van der Waals surface area contributed by atoms with E-state index in [1.54, 1.807) is 0 Å². The van der Waals surface area contributed by atoms with Gasteiger partial charge in [-0.2, -0.15) is 15.0 Å². The van der Waals surface area contributed by atoms with Crippen LogP contribution in [0.5, 0.6) is 0 Å². The maximum atomic E-state index is 4.58. The van der Waals surface area contributed by atoms with Gasteiger partial charge in [-0.25, -0.2) is 0 Å². The summed E-state index contributed by atoms with van der Waals surface area (Å²) in [5, 5.41) is 10.0. The molecule has 0 spiro atoms. The second-order valence-electron chi connectivity index (χ2n) is 7.41. The molecule has 2 rings (SSSR count). The van der Waals surface area contributed by atoms with Crippen LogP contribution in [0.1, 0.15) is 40.5 Å². The number of hydrogen-bond acceptors (Lipinski definition) is 8. The lowest BCUT2D eigenvalue weighted by Gasteiger charge is -2.18. The van der Waals surface area contributed by atoms with Gasteiger partial charge in [-0.3, -0.25) is 0 Å². The molecule has 0 radical (unpaired) electrons. The Bertz CT molecular complexity index is 679. The zero-order chi connectivity index (χ0) is 22.3. The lowest BCUT2D eigenvalue weighted by molar-refractivity contribution is 0.303. The third-order valence-electron chi connectivity index (χ3n) is 5.32. The Morgan fingerprint density at radius 2 is 1.10 bits per heavy atom. The molecule has 8 nitrogen and oxygen atoms in total. The summed E-state index contributed by atoms with van der Waals surface area (Å²) in [5.41, 5.74) is 0.952. The van der Waals surface area contributed by atoms with Crippen LogP contribution in [0.2, 0.25) is 0 Å². The summed E-state index contributed by atoms with van der Waals surface area (Å²) in [6.45, 7) is 16.9. The predicted octanol–water partition coefficient (Wildman–Crippen LogP) is 3.90. The van der Waals surface area contributed by atoms with Crippen molar-refractivity contribution in [3.63, 3.8) is 0 Å². The molecule has 0 fully saturated rings. The van der Waals surface area contributed by atoms with Crippen LogP contribution in [-0.2, 0) is 0 Å². The molecule has 0 aliphatic rings. The van der Waals surface area contributed by atoms with Crippen LogP contribution in [0.15, 0.2) is 30.3 Å². The standard InChI is InChI=1S/C23H40N8/c1-5-30(6-2)18-12-16-24-21-27-22(25-17-13-19-31(7-3)8-4)29-23(28-21)26-20-14-10-9-11-15-20/h9-11,14-15H,5-8,12-13,16-19H2,1-4H3,(H3,24,25,26,27,28,29). The van der Waals surface area contributed by atoms with Crippen molar-refractivity contribution in [3.05, 3.63) is 30.3 Å². The van der Waals surface area contributed by atoms with Gasteiger partial charge in [0.15, 0.2) is 0 Å². The van der Waals surface area contributed by atoms with E-state index in [1.807, 2.05) is 30.3 Å². The zero-order valence-corrected chi connectivity index (χ0v) is 19.7. The lowest BCUT2D eigenvalue weighted by Crippen LogP contribution is -2.26. The molecule has 3 N–H and O–H groups in total. The van der Waals surface area contributed by atoms with Gasteiger partial charge in [0.1, 0.15) is 0 Å². The van der Waals surface area contributed by atoms with Gasteiger partial charge in [-0.15, -0.1) is 0 Å². The van der Waals surface area contributed by atoms with Gasteiger partial charge in [0, 0.05) is 18.8 Å². The number of benzene rings is 1. The molecule has 0 unspecified atom stereocenters. The van der Waals surface area contributed by atoms with Crippen LogP contribution in [0.4, 0.5) is 23.5 Å². The number of rotatable bonds is 16. The molecule has 31 heavy (non-hydrogen) atoms. The first-order chi connectivity index (χ1) is 15.2. The minimum Gasteiger partial charge on any atom is -0.354 e. The number of hydrogen-bond donors (Lipinski definition) is 3. The molecule has 0 saturated heterocycles. The fourth-order valence-electron chi connectivity index (χ4n) is 3.33. The summed E-state index contributed by atoms with van der Waals surface area (Å²) in [6, 6.07) is 9.96. The molecular formula is C23H40N8. The first-order valence-corrected chi connectivity index (χ1v) is 11.7. The van der Waals surface area contributed by atoms with E-state index in [9.17, 15) is 0 Å². The Kier molecular flexibility index (Phi) is 11.6. The van der Waals surface area contributed by atoms with Gasteiger partial charge in [0.05, 0.1) is 0 Å².